The molecule has 12 heteroatoms. The predicted octanol–water partition coefficient (Wildman–Crippen LogP) is -2.18. The molecule has 0 aromatic carbocycles. The zero-order valence-electron chi connectivity index (χ0n) is 5.99. The van der Waals surface area contributed by atoms with Crippen molar-refractivity contribution in [3.05, 3.63) is 0 Å². The molecule has 0 aliphatic heterocycles. The van der Waals surface area contributed by atoms with E-state index in [1.807, 2.05) is 0 Å². The maximum Gasteiger partial charge on any atom is 2.00 e. The van der Waals surface area contributed by atoms with Gasteiger partial charge in [0.05, 0.1) is 0 Å². The van der Waals surface area contributed by atoms with E-state index in [9.17, 15) is 0 Å². The van der Waals surface area contributed by atoms with Gasteiger partial charge >= 0.3 is 68.5 Å². The van der Waals surface area contributed by atoms with Gasteiger partial charge in [0, 0.05) is 43.4 Å². The summed E-state index contributed by atoms with van der Waals surface area (Å²) in [6.45, 7) is 0. The van der Waals surface area contributed by atoms with Crippen LogP contribution in [0, 0.1) is 0 Å². The molecular weight excluding hydrogens is 336 g/mol. The number of hydrogen-bond acceptors (Lipinski definition) is 8. The SMILES string of the molecule is [Mg+2].[OH-].[OH-].[OH-].[OH-].[OH-].[OH-].[OH-].[OH-].[Sr+2].[Ti].[Ti]. The van der Waals surface area contributed by atoms with Crippen molar-refractivity contribution in [2.45, 2.75) is 0 Å². The first-order valence-corrected chi connectivity index (χ1v) is 0. The summed E-state index contributed by atoms with van der Waals surface area (Å²) in [5.74, 6) is 0. The molecule has 0 atom stereocenters. The van der Waals surface area contributed by atoms with E-state index in [4.69, 9.17) is 0 Å². The van der Waals surface area contributed by atoms with Crippen molar-refractivity contribution in [3.8, 4) is 0 Å². The molecule has 8 N–H and O–H groups in total. The van der Waals surface area contributed by atoms with E-state index in [1.54, 1.807) is 0 Å². The van der Waals surface area contributed by atoms with Gasteiger partial charge in [-0.3, -0.25) is 0 Å². The smallest absolute Gasteiger partial charge is 0.870 e. The van der Waals surface area contributed by atoms with E-state index >= 15 is 0 Å². The summed E-state index contributed by atoms with van der Waals surface area (Å²) in [6, 6.07) is 0. The molecule has 0 bridgehead atoms. The largest absolute Gasteiger partial charge is 2.00 e. The van der Waals surface area contributed by atoms with Crippen LogP contribution in [0.25, 0.3) is 0 Å². The fraction of sp³-hybridized carbons (Fsp3) is 0. The summed E-state index contributed by atoms with van der Waals surface area (Å²) in [5.41, 5.74) is 0. The average molecular weight is 344 g/mol. The number of rotatable bonds is 0. The summed E-state index contributed by atoms with van der Waals surface area (Å²) >= 11 is 0. The van der Waals surface area contributed by atoms with Crippen molar-refractivity contribution < 1.29 is 87.2 Å². The predicted molar refractivity (Wildman–Crippen MR) is 27.0 cm³/mol. The second-order valence-electron chi connectivity index (χ2n) is 0. The van der Waals surface area contributed by atoms with Crippen LogP contribution in [0.2, 0.25) is 0 Å². The fourth-order valence-electron chi connectivity index (χ4n) is 0. The first kappa shape index (κ1) is 281. The summed E-state index contributed by atoms with van der Waals surface area (Å²) in [7, 11) is 0. The van der Waals surface area contributed by atoms with E-state index in [1.165, 1.54) is 0 Å². The van der Waals surface area contributed by atoms with Crippen LogP contribution in [-0.2, 0) is 43.4 Å². The van der Waals surface area contributed by atoms with Crippen LogP contribution in [0.1, 0.15) is 0 Å². The molecule has 0 aliphatic carbocycles. The molecule has 0 amide bonds. The van der Waals surface area contributed by atoms with E-state index in [-0.39, 0.29) is 156 Å². The van der Waals surface area contributed by atoms with Crippen molar-refractivity contribution in [3.63, 3.8) is 0 Å². The van der Waals surface area contributed by atoms with Crippen molar-refractivity contribution in [1.82, 2.24) is 0 Å². The minimum atomic E-state index is 0. The van der Waals surface area contributed by atoms with Gasteiger partial charge < -0.3 is 43.8 Å². The van der Waals surface area contributed by atoms with Gasteiger partial charge in [-0.25, -0.2) is 0 Å². The zero-order chi connectivity index (χ0) is 0. The normalized spacial score (nSPS) is 0. The molecule has 8 nitrogen and oxygen atoms in total. The molecule has 0 aliphatic rings. The molecule has 72 valence electrons. The Balaban J connectivity index is 0. The maximum absolute atomic E-state index is 0. The van der Waals surface area contributed by atoms with E-state index in [0.717, 1.165) is 0 Å². The Hall–Kier alpha value is 3.36. The van der Waals surface area contributed by atoms with E-state index in [2.05, 4.69) is 0 Å². The van der Waals surface area contributed by atoms with Crippen LogP contribution < -0.4 is 0 Å². The van der Waals surface area contributed by atoms with E-state index in [0.29, 0.717) is 0 Å². The van der Waals surface area contributed by atoms with Crippen LogP contribution in [0.4, 0.5) is 0 Å². The van der Waals surface area contributed by atoms with E-state index < -0.39 is 0 Å². The molecule has 12 heavy (non-hydrogen) atoms. The summed E-state index contributed by atoms with van der Waals surface area (Å²) in [4.78, 5) is 0. The molecule has 0 radical (unpaired) electrons. The first-order chi connectivity index (χ1) is 0. The molecule has 0 spiro atoms. The summed E-state index contributed by atoms with van der Waals surface area (Å²) in [6.07, 6.45) is 0. The second-order valence-corrected chi connectivity index (χ2v) is 0. The van der Waals surface area contributed by atoms with Gasteiger partial charge in [0.1, 0.15) is 0 Å². The van der Waals surface area contributed by atoms with Gasteiger partial charge in [0.15, 0.2) is 0 Å². The quantitative estimate of drug-likeness (QED) is 0.436. The van der Waals surface area contributed by atoms with Gasteiger partial charge in [-0.15, -0.1) is 0 Å². The molecular formula is H8MgO8SrTi2-4. The Morgan fingerprint density at radius 3 is 0.333 bits per heavy atom. The Morgan fingerprint density at radius 1 is 0.333 bits per heavy atom. The minimum absolute atomic E-state index is 0. The molecule has 0 unspecified atom stereocenters. The second kappa shape index (κ2) is 227. The summed E-state index contributed by atoms with van der Waals surface area (Å²) < 4.78 is 0. The fourth-order valence-corrected chi connectivity index (χ4v) is 0. The first-order valence-electron chi connectivity index (χ1n) is 0. The standard InChI is InChI=1S/Mg.8H2O.Sr.2Ti/h;8*1H2;;;/q+2;;;;;;;;;+2;;/p-8. The van der Waals surface area contributed by atoms with Gasteiger partial charge in [0.2, 0.25) is 0 Å². The van der Waals surface area contributed by atoms with Crippen LogP contribution in [-0.4, -0.2) is 112 Å². The Morgan fingerprint density at radius 2 is 0.333 bits per heavy atom. The molecule has 0 fully saturated rings. The van der Waals surface area contributed by atoms with Crippen molar-refractivity contribution >= 4 is 68.5 Å². The van der Waals surface area contributed by atoms with Crippen molar-refractivity contribution in [2.75, 3.05) is 0 Å². The van der Waals surface area contributed by atoms with Crippen LogP contribution in [0.15, 0.2) is 0 Å². The molecule has 0 saturated heterocycles. The van der Waals surface area contributed by atoms with Gasteiger partial charge in [0.25, 0.3) is 0 Å². The molecule has 0 saturated carbocycles. The monoisotopic (exact) mass is 344 g/mol. The summed E-state index contributed by atoms with van der Waals surface area (Å²) in [5, 5.41) is 0. The van der Waals surface area contributed by atoms with Gasteiger partial charge in [-0.05, 0) is 0 Å². The van der Waals surface area contributed by atoms with Crippen molar-refractivity contribution in [2.24, 2.45) is 0 Å². The average Bonchev–Trinajstić information content (AvgIpc) is 0. The Bertz CT molecular complexity index is 17.0. The van der Waals surface area contributed by atoms with Crippen LogP contribution in [0.3, 0.4) is 0 Å². The van der Waals surface area contributed by atoms with Gasteiger partial charge in [-0.2, -0.15) is 0 Å². The third kappa shape index (κ3) is 181. The minimum Gasteiger partial charge on any atom is -0.870 e. The third-order valence-electron chi connectivity index (χ3n) is 0. The zero-order valence-corrected chi connectivity index (χ0v) is 14.0. The molecule has 0 rings (SSSR count). The van der Waals surface area contributed by atoms with Crippen LogP contribution in [0.5, 0.6) is 0 Å². The van der Waals surface area contributed by atoms with Gasteiger partial charge in [-0.1, -0.05) is 0 Å². The van der Waals surface area contributed by atoms with Crippen molar-refractivity contribution in [1.29, 1.82) is 0 Å². The molecule has 0 aromatic heterocycles. The Kier molecular flexibility index (Phi) is 5330. The third-order valence-corrected chi connectivity index (χ3v) is 0. The van der Waals surface area contributed by atoms with Crippen LogP contribution >= 0.6 is 0 Å². The molecule has 0 heterocycles. The molecule has 0 aromatic rings. The Labute approximate surface area is 153 Å². The maximum atomic E-state index is 0. The topological polar surface area (TPSA) is 240 Å². The number of hydrogen-bond donors (Lipinski definition) is 0.